The number of pyridine rings is 1. The van der Waals surface area contributed by atoms with Crippen LogP contribution in [0.2, 0.25) is 5.02 Å². The summed E-state index contributed by atoms with van der Waals surface area (Å²) in [7, 11) is 0. The van der Waals surface area contributed by atoms with Gasteiger partial charge in [0.25, 0.3) is 0 Å². The third-order valence-electron chi connectivity index (χ3n) is 4.20. The molecule has 0 bridgehead atoms. The number of aromatic nitrogens is 1. The quantitative estimate of drug-likeness (QED) is 0.701. The second kappa shape index (κ2) is 8.39. The van der Waals surface area contributed by atoms with Crippen molar-refractivity contribution in [1.29, 1.82) is 0 Å². The fourth-order valence-corrected chi connectivity index (χ4v) is 3.73. The van der Waals surface area contributed by atoms with Gasteiger partial charge in [-0.3, -0.25) is 4.79 Å². The van der Waals surface area contributed by atoms with E-state index in [9.17, 15) is 18.0 Å². The van der Waals surface area contributed by atoms with Crippen molar-refractivity contribution in [2.75, 3.05) is 36.8 Å². The van der Waals surface area contributed by atoms with Crippen LogP contribution < -0.4 is 4.90 Å². The van der Waals surface area contributed by atoms with E-state index >= 15 is 0 Å². The Bertz CT molecular complexity index is 793. The summed E-state index contributed by atoms with van der Waals surface area (Å²) < 4.78 is 39.5. The van der Waals surface area contributed by atoms with E-state index in [1.165, 1.54) is 24.0 Å². The Morgan fingerprint density at radius 3 is 2.41 bits per heavy atom. The summed E-state index contributed by atoms with van der Waals surface area (Å²) in [5.41, 5.74) is -0.747. The highest BCUT2D eigenvalue weighted by molar-refractivity contribution is 8.00. The van der Waals surface area contributed by atoms with Crippen molar-refractivity contribution in [2.24, 2.45) is 0 Å². The van der Waals surface area contributed by atoms with E-state index in [1.807, 2.05) is 12.1 Å². The van der Waals surface area contributed by atoms with Gasteiger partial charge in [-0.25, -0.2) is 4.98 Å². The first kappa shape index (κ1) is 19.8. The molecule has 1 amide bonds. The number of halogens is 4. The Balaban J connectivity index is 1.56. The summed E-state index contributed by atoms with van der Waals surface area (Å²) in [6.45, 7) is 1.37. The normalized spacial score (nSPS) is 15.1. The molecule has 0 N–H and O–H groups in total. The maximum absolute atomic E-state index is 13.2. The molecular weight excluding hydrogens is 399 g/mol. The van der Waals surface area contributed by atoms with Gasteiger partial charge >= 0.3 is 6.18 Å². The fraction of sp³-hybridized carbons (Fsp3) is 0.333. The Morgan fingerprint density at radius 1 is 1.11 bits per heavy atom. The standard InChI is InChI=1S/C18H17ClF3N3OS/c19-13-3-5-14(6-4-13)27-12-16(26)24-8-10-25(11-9-24)17-15(18(20,21)22)2-1-7-23-17/h1-7H,8-12H2. The molecular formula is C18H17ClF3N3OS. The topological polar surface area (TPSA) is 36.4 Å². The van der Waals surface area contributed by atoms with Crippen molar-refractivity contribution >= 4 is 35.1 Å². The summed E-state index contributed by atoms with van der Waals surface area (Å²) in [5, 5.41) is 0.634. The van der Waals surface area contributed by atoms with E-state index in [0.717, 1.165) is 11.0 Å². The molecule has 1 fully saturated rings. The molecule has 2 aromatic rings. The number of hydrogen-bond donors (Lipinski definition) is 0. The second-order valence-corrected chi connectivity index (χ2v) is 7.47. The zero-order chi connectivity index (χ0) is 19.4. The SMILES string of the molecule is O=C(CSc1ccc(Cl)cc1)N1CCN(c2ncccc2C(F)(F)F)CC1. The number of benzene rings is 1. The van der Waals surface area contributed by atoms with Crippen LogP contribution in [0.5, 0.6) is 0 Å². The lowest BCUT2D eigenvalue weighted by Gasteiger charge is -2.36. The minimum absolute atomic E-state index is 0.0355. The van der Waals surface area contributed by atoms with Gasteiger partial charge in [-0.05, 0) is 36.4 Å². The van der Waals surface area contributed by atoms with Crippen molar-refractivity contribution in [1.82, 2.24) is 9.88 Å². The molecule has 1 aromatic carbocycles. The molecule has 0 radical (unpaired) electrons. The van der Waals surface area contributed by atoms with Gasteiger partial charge in [-0.1, -0.05) is 11.6 Å². The van der Waals surface area contributed by atoms with Gasteiger partial charge in [0.2, 0.25) is 5.91 Å². The number of carbonyl (C=O) groups is 1. The minimum atomic E-state index is -4.45. The number of amides is 1. The number of piperazine rings is 1. The number of alkyl halides is 3. The third kappa shape index (κ3) is 5.07. The van der Waals surface area contributed by atoms with Crippen LogP contribution in [0.25, 0.3) is 0 Å². The first-order valence-electron chi connectivity index (χ1n) is 8.28. The molecule has 4 nitrogen and oxygen atoms in total. The Labute approximate surface area is 164 Å². The molecule has 0 atom stereocenters. The highest BCUT2D eigenvalue weighted by Crippen LogP contribution is 2.35. The Morgan fingerprint density at radius 2 is 1.78 bits per heavy atom. The Kier molecular flexibility index (Phi) is 6.16. The number of carbonyl (C=O) groups excluding carboxylic acids is 1. The zero-order valence-electron chi connectivity index (χ0n) is 14.2. The smallest absolute Gasteiger partial charge is 0.353 e. The van der Waals surface area contributed by atoms with Crippen molar-refractivity contribution in [2.45, 2.75) is 11.1 Å². The maximum Gasteiger partial charge on any atom is 0.419 e. The number of thioether (sulfide) groups is 1. The van der Waals surface area contributed by atoms with Gasteiger partial charge in [-0.2, -0.15) is 13.2 Å². The highest BCUT2D eigenvalue weighted by Gasteiger charge is 2.36. The summed E-state index contributed by atoms with van der Waals surface area (Å²) in [6.07, 6.45) is -3.10. The van der Waals surface area contributed by atoms with Gasteiger partial charge in [0.1, 0.15) is 5.82 Å². The third-order valence-corrected chi connectivity index (χ3v) is 5.45. The second-order valence-electron chi connectivity index (χ2n) is 5.98. The lowest BCUT2D eigenvalue weighted by atomic mass is 10.2. The van der Waals surface area contributed by atoms with Crippen molar-refractivity contribution in [3.05, 3.63) is 53.2 Å². The van der Waals surface area contributed by atoms with E-state index in [4.69, 9.17) is 11.6 Å². The fourth-order valence-electron chi connectivity index (χ4n) is 2.81. The van der Waals surface area contributed by atoms with Crippen LogP contribution in [0.4, 0.5) is 19.0 Å². The van der Waals surface area contributed by atoms with Crippen molar-refractivity contribution in [3.63, 3.8) is 0 Å². The minimum Gasteiger partial charge on any atom is -0.353 e. The summed E-state index contributed by atoms with van der Waals surface area (Å²) in [5.74, 6) is 0.165. The average molecular weight is 416 g/mol. The maximum atomic E-state index is 13.2. The molecule has 0 aliphatic carbocycles. The van der Waals surface area contributed by atoms with Crippen LogP contribution in [-0.4, -0.2) is 47.7 Å². The van der Waals surface area contributed by atoms with Gasteiger partial charge in [0.05, 0.1) is 11.3 Å². The molecule has 9 heteroatoms. The van der Waals surface area contributed by atoms with Gasteiger partial charge < -0.3 is 9.80 Å². The summed E-state index contributed by atoms with van der Waals surface area (Å²) in [6, 6.07) is 9.52. The predicted molar refractivity (Wildman–Crippen MR) is 100 cm³/mol. The average Bonchev–Trinajstić information content (AvgIpc) is 2.67. The van der Waals surface area contributed by atoms with Gasteiger partial charge in [0, 0.05) is 42.3 Å². The van der Waals surface area contributed by atoms with Crippen molar-refractivity contribution < 1.29 is 18.0 Å². The van der Waals surface area contributed by atoms with E-state index in [-0.39, 0.29) is 17.5 Å². The molecule has 1 aromatic heterocycles. The van der Waals surface area contributed by atoms with E-state index in [2.05, 4.69) is 4.98 Å². The molecule has 1 aliphatic rings. The summed E-state index contributed by atoms with van der Waals surface area (Å²) >= 11 is 7.24. The molecule has 1 aliphatic heterocycles. The van der Waals surface area contributed by atoms with Crippen LogP contribution in [0.15, 0.2) is 47.5 Å². The summed E-state index contributed by atoms with van der Waals surface area (Å²) in [4.78, 5) is 20.5. The number of nitrogens with zero attached hydrogens (tertiary/aromatic N) is 3. The number of hydrogen-bond acceptors (Lipinski definition) is 4. The van der Waals surface area contributed by atoms with Crippen LogP contribution in [0, 0.1) is 0 Å². The van der Waals surface area contributed by atoms with Crippen molar-refractivity contribution in [3.8, 4) is 0 Å². The number of anilines is 1. The van der Waals surface area contributed by atoms with Gasteiger partial charge in [0.15, 0.2) is 0 Å². The van der Waals surface area contributed by atoms with Crippen LogP contribution >= 0.6 is 23.4 Å². The zero-order valence-corrected chi connectivity index (χ0v) is 15.8. The first-order valence-corrected chi connectivity index (χ1v) is 9.64. The largest absolute Gasteiger partial charge is 0.419 e. The lowest BCUT2D eigenvalue weighted by Crippen LogP contribution is -2.50. The van der Waals surface area contributed by atoms with Crippen LogP contribution in [-0.2, 0) is 11.0 Å². The van der Waals surface area contributed by atoms with E-state index in [0.29, 0.717) is 31.2 Å². The first-order chi connectivity index (χ1) is 12.8. The molecule has 0 saturated carbocycles. The molecule has 2 heterocycles. The van der Waals surface area contributed by atoms with E-state index < -0.39 is 11.7 Å². The van der Waals surface area contributed by atoms with Gasteiger partial charge in [-0.15, -0.1) is 11.8 Å². The monoisotopic (exact) mass is 415 g/mol. The lowest BCUT2D eigenvalue weighted by molar-refractivity contribution is -0.137. The van der Waals surface area contributed by atoms with Crippen LogP contribution in [0.3, 0.4) is 0 Å². The van der Waals surface area contributed by atoms with E-state index in [1.54, 1.807) is 21.9 Å². The molecule has 1 saturated heterocycles. The van der Waals surface area contributed by atoms with Crippen LogP contribution in [0.1, 0.15) is 5.56 Å². The highest BCUT2D eigenvalue weighted by atomic mass is 35.5. The molecule has 0 spiro atoms. The molecule has 3 rings (SSSR count). The molecule has 144 valence electrons. The number of rotatable bonds is 4. The molecule has 0 unspecified atom stereocenters. The molecule has 27 heavy (non-hydrogen) atoms. The Hall–Kier alpha value is -1.93. The predicted octanol–water partition coefficient (Wildman–Crippen LogP) is 4.19.